The molecule has 0 radical (unpaired) electrons. The quantitative estimate of drug-likeness (QED) is 0.435. The molecule has 7 nitrogen and oxygen atoms in total. The number of carbonyl (C=O) groups excluding carboxylic acids is 1. The van der Waals surface area contributed by atoms with Crippen molar-refractivity contribution in [2.45, 2.75) is 13.3 Å². The zero-order chi connectivity index (χ0) is 22.1. The normalized spacial score (nSPS) is 14.8. The average Bonchev–Trinajstić information content (AvgIpc) is 3.25. The number of hydrogen-bond donors (Lipinski definition) is 0. The smallest absolute Gasteiger partial charge is 0.170 e. The third-order valence-corrected chi connectivity index (χ3v) is 6.72. The van der Waals surface area contributed by atoms with E-state index in [9.17, 15) is 4.79 Å². The van der Waals surface area contributed by atoms with Gasteiger partial charge in [0.25, 0.3) is 0 Å². The molecule has 0 unspecified atom stereocenters. The molecule has 1 aliphatic heterocycles. The Balaban J connectivity index is 1.36. The number of benzene rings is 1. The first kappa shape index (κ1) is 20.7. The van der Waals surface area contributed by atoms with Crippen LogP contribution < -0.4 is 4.90 Å². The van der Waals surface area contributed by atoms with Crippen LogP contribution in [-0.4, -0.2) is 63.8 Å². The Morgan fingerprint density at radius 3 is 2.69 bits per heavy atom. The van der Waals surface area contributed by atoms with Crippen molar-refractivity contribution in [1.82, 2.24) is 24.8 Å². The van der Waals surface area contributed by atoms with Crippen molar-refractivity contribution in [3.63, 3.8) is 0 Å². The number of likely N-dealkylation sites (N-methyl/N-ethyl adjacent to an activating group) is 1. The molecule has 162 valence electrons. The summed E-state index contributed by atoms with van der Waals surface area (Å²) >= 11 is 1.62. The number of carbonyl (C=O) groups is 1. The van der Waals surface area contributed by atoms with Gasteiger partial charge in [-0.05, 0) is 32.2 Å². The third-order valence-electron chi connectivity index (χ3n) is 5.71. The Morgan fingerprint density at radius 1 is 1.06 bits per heavy atom. The van der Waals surface area contributed by atoms with E-state index in [1.54, 1.807) is 29.8 Å². The topological polar surface area (TPSA) is 75.1 Å². The Morgan fingerprint density at radius 2 is 1.91 bits per heavy atom. The zero-order valence-electron chi connectivity index (χ0n) is 18.2. The highest BCUT2D eigenvalue weighted by Crippen LogP contribution is 2.26. The number of nitrogens with zero attached hydrogens (tertiary/aromatic N) is 6. The van der Waals surface area contributed by atoms with E-state index in [0.29, 0.717) is 11.4 Å². The van der Waals surface area contributed by atoms with Crippen LogP contribution in [-0.2, 0) is 6.42 Å². The van der Waals surface area contributed by atoms with E-state index in [1.165, 1.54) is 0 Å². The molecule has 1 saturated heterocycles. The highest BCUT2D eigenvalue weighted by molar-refractivity contribution is 7.13. The van der Waals surface area contributed by atoms with Crippen LogP contribution in [0.25, 0.3) is 21.5 Å². The molecule has 5 rings (SSSR count). The maximum Gasteiger partial charge on any atom is 0.170 e. The van der Waals surface area contributed by atoms with E-state index < -0.39 is 0 Å². The number of piperazine rings is 1. The van der Waals surface area contributed by atoms with Crippen LogP contribution in [0.2, 0.25) is 0 Å². The van der Waals surface area contributed by atoms with E-state index in [-0.39, 0.29) is 12.2 Å². The summed E-state index contributed by atoms with van der Waals surface area (Å²) in [7, 11) is 2.12. The predicted molar refractivity (Wildman–Crippen MR) is 127 cm³/mol. The molecule has 1 aromatic carbocycles. The first-order chi connectivity index (χ1) is 15.5. The highest BCUT2D eigenvalue weighted by atomic mass is 32.1. The van der Waals surface area contributed by atoms with Crippen LogP contribution in [0.4, 0.5) is 5.82 Å². The molecular formula is C24H24N6OS. The van der Waals surface area contributed by atoms with Gasteiger partial charge in [-0.15, -0.1) is 11.3 Å². The van der Waals surface area contributed by atoms with Crippen molar-refractivity contribution in [2.75, 3.05) is 38.1 Å². The van der Waals surface area contributed by atoms with Crippen LogP contribution >= 0.6 is 11.3 Å². The number of rotatable bonds is 5. The zero-order valence-corrected chi connectivity index (χ0v) is 19.0. The second kappa shape index (κ2) is 8.72. The van der Waals surface area contributed by atoms with Gasteiger partial charge in [0.2, 0.25) is 0 Å². The van der Waals surface area contributed by atoms with Crippen LogP contribution in [0, 0.1) is 6.92 Å². The van der Waals surface area contributed by atoms with Gasteiger partial charge in [-0.3, -0.25) is 4.79 Å². The summed E-state index contributed by atoms with van der Waals surface area (Å²) in [6.45, 7) is 5.80. The molecule has 0 atom stereocenters. The van der Waals surface area contributed by atoms with Gasteiger partial charge in [0.05, 0.1) is 11.9 Å². The van der Waals surface area contributed by atoms with Gasteiger partial charge in [-0.2, -0.15) is 0 Å². The van der Waals surface area contributed by atoms with E-state index in [0.717, 1.165) is 59.2 Å². The largest absolute Gasteiger partial charge is 0.354 e. The second-order valence-corrected chi connectivity index (χ2v) is 9.00. The van der Waals surface area contributed by atoms with Crippen molar-refractivity contribution in [3.8, 4) is 10.6 Å². The molecule has 3 aromatic heterocycles. The molecule has 0 aliphatic carbocycles. The highest BCUT2D eigenvalue weighted by Gasteiger charge is 2.17. The summed E-state index contributed by atoms with van der Waals surface area (Å²) in [6, 6.07) is 9.70. The Labute approximate surface area is 190 Å². The lowest BCUT2D eigenvalue weighted by atomic mass is 10.1. The predicted octanol–water partition coefficient (Wildman–Crippen LogP) is 3.63. The lowest BCUT2D eigenvalue weighted by Crippen LogP contribution is -2.44. The van der Waals surface area contributed by atoms with Crippen molar-refractivity contribution in [1.29, 1.82) is 0 Å². The fourth-order valence-electron chi connectivity index (χ4n) is 3.81. The number of anilines is 1. The number of pyridine rings is 1. The number of fused-ring (bicyclic) bond motifs is 1. The van der Waals surface area contributed by atoms with Gasteiger partial charge in [0.15, 0.2) is 5.78 Å². The molecule has 4 aromatic rings. The van der Waals surface area contributed by atoms with Crippen molar-refractivity contribution in [3.05, 3.63) is 65.2 Å². The SMILES string of the molecule is Cc1csc(-c2ccc3cnc(CC(=O)c4ccnc(N5CCN(C)CC5)c4)nc3c2)n1. The van der Waals surface area contributed by atoms with E-state index in [2.05, 4.69) is 36.8 Å². The second-order valence-electron chi connectivity index (χ2n) is 8.15. The van der Waals surface area contributed by atoms with Gasteiger partial charge < -0.3 is 9.80 Å². The molecule has 1 fully saturated rings. The molecule has 32 heavy (non-hydrogen) atoms. The molecule has 0 amide bonds. The molecule has 0 N–H and O–H groups in total. The Bertz CT molecular complexity index is 1280. The number of thiazole rings is 1. The minimum atomic E-state index is -0.00571. The fourth-order valence-corrected chi connectivity index (χ4v) is 4.61. The van der Waals surface area contributed by atoms with Crippen molar-refractivity contribution < 1.29 is 4.79 Å². The van der Waals surface area contributed by atoms with E-state index >= 15 is 0 Å². The maximum atomic E-state index is 13.0. The first-order valence-corrected chi connectivity index (χ1v) is 11.5. The van der Waals surface area contributed by atoms with Crippen LogP contribution in [0.15, 0.2) is 48.1 Å². The van der Waals surface area contributed by atoms with Crippen LogP contribution in [0.3, 0.4) is 0 Å². The van der Waals surface area contributed by atoms with Gasteiger partial charge in [0.1, 0.15) is 16.6 Å². The standard InChI is InChI=1S/C24H24N6OS/c1-16-15-32-24(27-16)18-3-4-19-14-26-22(28-20(19)11-18)13-21(31)17-5-6-25-23(12-17)30-9-7-29(2)8-10-30/h3-6,11-12,14-15H,7-10,13H2,1-2H3. The van der Waals surface area contributed by atoms with Gasteiger partial charge in [-0.25, -0.2) is 19.9 Å². The number of hydrogen-bond acceptors (Lipinski definition) is 8. The molecule has 1 aliphatic rings. The number of Topliss-reactive ketones (excluding diaryl/α,β-unsaturated/α-hetero) is 1. The number of aromatic nitrogens is 4. The average molecular weight is 445 g/mol. The van der Waals surface area contributed by atoms with E-state index in [4.69, 9.17) is 0 Å². The monoisotopic (exact) mass is 444 g/mol. The lowest BCUT2D eigenvalue weighted by Gasteiger charge is -2.33. The first-order valence-electron chi connectivity index (χ1n) is 10.7. The van der Waals surface area contributed by atoms with Crippen molar-refractivity contribution in [2.24, 2.45) is 0 Å². The van der Waals surface area contributed by atoms with Crippen molar-refractivity contribution >= 4 is 33.8 Å². The van der Waals surface area contributed by atoms with Gasteiger partial charge in [0, 0.05) is 66.2 Å². The summed E-state index contributed by atoms with van der Waals surface area (Å²) in [5, 5.41) is 3.95. The van der Waals surface area contributed by atoms with Gasteiger partial charge in [-0.1, -0.05) is 12.1 Å². The molecule has 0 saturated carbocycles. The van der Waals surface area contributed by atoms with Gasteiger partial charge >= 0.3 is 0 Å². The summed E-state index contributed by atoms with van der Waals surface area (Å²) in [5.41, 5.74) is 3.50. The maximum absolute atomic E-state index is 13.0. The molecule has 0 bridgehead atoms. The minimum Gasteiger partial charge on any atom is -0.354 e. The molecule has 0 spiro atoms. The summed E-state index contributed by atoms with van der Waals surface area (Å²) in [6.07, 6.45) is 3.65. The minimum absolute atomic E-state index is 0.00571. The Hall–Kier alpha value is -3.23. The lowest BCUT2D eigenvalue weighted by molar-refractivity contribution is 0.0991. The summed E-state index contributed by atoms with van der Waals surface area (Å²) in [4.78, 5) is 35.6. The fraction of sp³-hybridized carbons (Fsp3) is 0.292. The molecule has 8 heteroatoms. The number of aryl methyl sites for hydroxylation is 1. The van der Waals surface area contributed by atoms with E-state index in [1.807, 2.05) is 36.6 Å². The van der Waals surface area contributed by atoms with Crippen LogP contribution in [0.5, 0.6) is 0 Å². The molecule has 4 heterocycles. The van der Waals surface area contributed by atoms with Crippen LogP contribution in [0.1, 0.15) is 21.9 Å². The summed E-state index contributed by atoms with van der Waals surface area (Å²) in [5.74, 6) is 1.37. The summed E-state index contributed by atoms with van der Waals surface area (Å²) < 4.78 is 0. The molecular weight excluding hydrogens is 420 g/mol. The Kier molecular flexibility index (Phi) is 5.63. The third kappa shape index (κ3) is 4.37. The number of ketones is 1.